The van der Waals surface area contributed by atoms with Crippen molar-refractivity contribution in [2.45, 2.75) is 70.4 Å². The number of esters is 1. The minimum Gasteiger partial charge on any atom is -0.467 e. The Balaban J connectivity index is 1.93. The number of rotatable bonds is 8. The predicted octanol–water partition coefficient (Wildman–Crippen LogP) is 6.27. The van der Waals surface area contributed by atoms with E-state index < -0.39 is 5.54 Å². The molecule has 2 aromatic carbocycles. The molecule has 0 saturated heterocycles. The average molecular weight is 467 g/mol. The highest BCUT2D eigenvalue weighted by Crippen LogP contribution is 2.37. The number of carbonyl (C=O) groups is 2. The summed E-state index contributed by atoms with van der Waals surface area (Å²) in [6.07, 6.45) is 6.24. The molecule has 0 heterocycles. The van der Waals surface area contributed by atoms with Crippen LogP contribution in [-0.4, -0.2) is 29.4 Å². The van der Waals surface area contributed by atoms with Crippen molar-refractivity contribution in [1.29, 1.82) is 5.26 Å². The lowest BCUT2D eigenvalue weighted by atomic mass is 9.79. The van der Waals surface area contributed by atoms with Gasteiger partial charge in [-0.15, -0.1) is 0 Å². The zero-order chi connectivity index (χ0) is 23.8. The first-order chi connectivity index (χ1) is 15.9. The molecule has 1 aliphatic carbocycles. The second-order valence-corrected chi connectivity index (χ2v) is 9.10. The fraction of sp³-hybridized carbons (Fsp3) is 0.444. The van der Waals surface area contributed by atoms with Crippen LogP contribution in [0, 0.1) is 11.3 Å². The van der Waals surface area contributed by atoms with E-state index in [0.29, 0.717) is 36.4 Å². The zero-order valence-corrected chi connectivity index (χ0v) is 20.2. The van der Waals surface area contributed by atoms with Gasteiger partial charge in [0.2, 0.25) is 5.91 Å². The van der Waals surface area contributed by atoms with Crippen LogP contribution < -0.4 is 0 Å². The van der Waals surface area contributed by atoms with E-state index in [1.807, 2.05) is 24.3 Å². The highest BCUT2D eigenvalue weighted by atomic mass is 35.5. The summed E-state index contributed by atoms with van der Waals surface area (Å²) in [5.41, 5.74) is 2.22. The zero-order valence-electron chi connectivity index (χ0n) is 19.4. The Kier molecular flexibility index (Phi) is 8.52. The molecule has 0 spiro atoms. The molecule has 174 valence electrons. The number of carbonyl (C=O) groups excluding carboxylic acids is 2. The molecule has 0 unspecified atom stereocenters. The molecule has 1 saturated carbocycles. The summed E-state index contributed by atoms with van der Waals surface area (Å²) >= 11 is 6.15. The van der Waals surface area contributed by atoms with E-state index in [2.05, 4.69) is 13.0 Å². The van der Waals surface area contributed by atoms with E-state index in [0.717, 1.165) is 48.8 Å². The minimum atomic E-state index is -0.905. The summed E-state index contributed by atoms with van der Waals surface area (Å²) in [6, 6.07) is 15.2. The number of nitrogens with zero attached hydrogens (tertiary/aromatic N) is 2. The van der Waals surface area contributed by atoms with Crippen LogP contribution in [0.3, 0.4) is 0 Å². The van der Waals surface area contributed by atoms with Crippen LogP contribution >= 0.6 is 11.6 Å². The van der Waals surface area contributed by atoms with Crippen molar-refractivity contribution in [1.82, 2.24) is 4.90 Å². The standard InChI is InChI=1S/C27H31ClN2O3/c1-3-4-8-25(31)30(27(26(32)33-2)15-6-5-7-16-27)19-20-9-11-21(12-10-20)24-17-23(28)14-13-22(24)18-29/h9-14,17H,3-8,15-16,19H2,1-2H3. The summed E-state index contributed by atoms with van der Waals surface area (Å²) in [4.78, 5) is 28.1. The van der Waals surface area contributed by atoms with E-state index in [1.54, 1.807) is 23.1 Å². The molecule has 1 amide bonds. The Labute approximate surface area is 201 Å². The number of methoxy groups -OCH3 is 1. The van der Waals surface area contributed by atoms with E-state index >= 15 is 0 Å². The highest BCUT2D eigenvalue weighted by Gasteiger charge is 2.47. The topological polar surface area (TPSA) is 70.4 Å². The third kappa shape index (κ3) is 5.57. The maximum absolute atomic E-state index is 13.3. The average Bonchev–Trinajstić information content (AvgIpc) is 2.86. The summed E-state index contributed by atoms with van der Waals surface area (Å²) in [5.74, 6) is -0.323. The molecule has 0 atom stereocenters. The summed E-state index contributed by atoms with van der Waals surface area (Å²) in [7, 11) is 1.40. The number of amides is 1. The molecule has 3 rings (SSSR count). The molecule has 33 heavy (non-hydrogen) atoms. The molecular weight excluding hydrogens is 436 g/mol. The maximum atomic E-state index is 13.3. The Morgan fingerprint density at radius 1 is 1.12 bits per heavy atom. The molecule has 0 aromatic heterocycles. The molecule has 1 fully saturated rings. The summed E-state index contributed by atoms with van der Waals surface area (Å²) in [6.45, 7) is 2.40. The monoisotopic (exact) mass is 466 g/mol. The number of ether oxygens (including phenoxy) is 1. The van der Waals surface area contributed by atoms with Crippen LogP contribution in [0.4, 0.5) is 0 Å². The Hall–Kier alpha value is -2.84. The molecule has 5 nitrogen and oxygen atoms in total. The van der Waals surface area contributed by atoms with Crippen molar-refractivity contribution in [3.8, 4) is 17.2 Å². The van der Waals surface area contributed by atoms with Crippen LogP contribution in [0.25, 0.3) is 11.1 Å². The number of halogens is 1. The second-order valence-electron chi connectivity index (χ2n) is 8.67. The fourth-order valence-electron chi connectivity index (χ4n) is 4.68. The molecule has 0 N–H and O–H groups in total. The van der Waals surface area contributed by atoms with Gasteiger partial charge in [-0.2, -0.15) is 5.26 Å². The van der Waals surface area contributed by atoms with Gasteiger partial charge in [0.25, 0.3) is 0 Å². The van der Waals surface area contributed by atoms with Crippen molar-refractivity contribution < 1.29 is 14.3 Å². The van der Waals surface area contributed by atoms with Gasteiger partial charge in [0, 0.05) is 23.6 Å². The van der Waals surface area contributed by atoms with Crippen molar-refractivity contribution >= 4 is 23.5 Å². The predicted molar refractivity (Wildman–Crippen MR) is 130 cm³/mol. The quantitative estimate of drug-likeness (QED) is 0.429. The maximum Gasteiger partial charge on any atom is 0.331 e. The second kappa shape index (κ2) is 11.3. The largest absolute Gasteiger partial charge is 0.467 e. The Morgan fingerprint density at radius 2 is 1.82 bits per heavy atom. The van der Waals surface area contributed by atoms with Gasteiger partial charge in [0.1, 0.15) is 5.54 Å². The van der Waals surface area contributed by atoms with Gasteiger partial charge in [-0.25, -0.2) is 4.79 Å². The SMILES string of the molecule is CCCCC(=O)N(Cc1ccc(-c2cc(Cl)ccc2C#N)cc1)C1(C(=O)OC)CCCCC1. The number of hydrogen-bond donors (Lipinski definition) is 0. The van der Waals surface area contributed by atoms with Gasteiger partial charge in [0.05, 0.1) is 18.7 Å². The summed E-state index contributed by atoms with van der Waals surface area (Å²) in [5, 5.41) is 10.0. The Bertz CT molecular complexity index is 1020. The molecular formula is C27H31ClN2O3. The first-order valence-electron chi connectivity index (χ1n) is 11.6. The Morgan fingerprint density at radius 3 is 2.42 bits per heavy atom. The molecule has 1 aliphatic rings. The molecule has 2 aromatic rings. The third-order valence-electron chi connectivity index (χ3n) is 6.52. The van der Waals surface area contributed by atoms with E-state index in [4.69, 9.17) is 16.3 Å². The van der Waals surface area contributed by atoms with Gasteiger partial charge in [0.15, 0.2) is 0 Å². The van der Waals surface area contributed by atoms with Gasteiger partial charge in [-0.3, -0.25) is 4.79 Å². The van der Waals surface area contributed by atoms with E-state index in [1.165, 1.54) is 7.11 Å². The highest BCUT2D eigenvalue weighted by molar-refractivity contribution is 6.30. The van der Waals surface area contributed by atoms with Gasteiger partial charge >= 0.3 is 5.97 Å². The number of benzene rings is 2. The van der Waals surface area contributed by atoms with E-state index in [9.17, 15) is 14.9 Å². The number of unbranched alkanes of at least 4 members (excludes halogenated alkanes) is 1. The van der Waals surface area contributed by atoms with Crippen LogP contribution in [0.15, 0.2) is 42.5 Å². The lowest BCUT2D eigenvalue weighted by Gasteiger charge is -2.44. The van der Waals surface area contributed by atoms with Crippen LogP contribution in [-0.2, 0) is 20.9 Å². The van der Waals surface area contributed by atoms with Crippen molar-refractivity contribution in [2.75, 3.05) is 7.11 Å². The molecule has 0 aliphatic heterocycles. The molecule has 6 heteroatoms. The fourth-order valence-corrected chi connectivity index (χ4v) is 4.85. The normalized spacial score (nSPS) is 14.8. The van der Waals surface area contributed by atoms with Gasteiger partial charge < -0.3 is 9.64 Å². The van der Waals surface area contributed by atoms with Crippen LogP contribution in [0.5, 0.6) is 0 Å². The number of hydrogen-bond acceptors (Lipinski definition) is 4. The molecule has 0 radical (unpaired) electrons. The lowest BCUT2D eigenvalue weighted by molar-refractivity contribution is -0.166. The van der Waals surface area contributed by atoms with Crippen molar-refractivity contribution in [2.24, 2.45) is 0 Å². The van der Waals surface area contributed by atoms with Crippen LogP contribution in [0.1, 0.15) is 69.4 Å². The van der Waals surface area contributed by atoms with Crippen molar-refractivity contribution in [3.05, 3.63) is 58.6 Å². The minimum absolute atomic E-state index is 0.00478. The van der Waals surface area contributed by atoms with Gasteiger partial charge in [-0.1, -0.05) is 68.5 Å². The molecule has 0 bridgehead atoms. The first kappa shape index (κ1) is 24.8. The first-order valence-corrected chi connectivity index (χ1v) is 12.0. The lowest BCUT2D eigenvalue weighted by Crippen LogP contribution is -2.58. The van der Waals surface area contributed by atoms with Crippen LogP contribution in [0.2, 0.25) is 5.02 Å². The van der Waals surface area contributed by atoms with Crippen molar-refractivity contribution in [3.63, 3.8) is 0 Å². The number of nitriles is 1. The third-order valence-corrected chi connectivity index (χ3v) is 6.75. The van der Waals surface area contributed by atoms with Gasteiger partial charge in [-0.05, 0) is 48.6 Å². The summed E-state index contributed by atoms with van der Waals surface area (Å²) < 4.78 is 5.20. The van der Waals surface area contributed by atoms with E-state index in [-0.39, 0.29) is 11.9 Å². The smallest absolute Gasteiger partial charge is 0.331 e.